The minimum Gasteiger partial charge on any atom is -0.468 e. The fourth-order valence-electron chi connectivity index (χ4n) is 5.65. The fourth-order valence-corrected chi connectivity index (χ4v) is 5.65. The van der Waals surface area contributed by atoms with Crippen LogP contribution in [0.15, 0.2) is 0 Å². The number of amides is 1. The number of esters is 1. The number of hydrogen-bond acceptors (Lipinski definition) is 6. The average molecular weight is 380 g/mol. The lowest BCUT2D eigenvalue weighted by atomic mass is 9.64. The van der Waals surface area contributed by atoms with Gasteiger partial charge in [-0.3, -0.25) is 9.69 Å². The molecule has 1 spiro atoms. The van der Waals surface area contributed by atoms with Gasteiger partial charge in [-0.2, -0.15) is 0 Å². The molecule has 4 rings (SSSR count). The summed E-state index contributed by atoms with van der Waals surface area (Å²) in [6.07, 6.45) is 6.62. The first kappa shape index (κ1) is 19.0. The molecule has 0 aromatic heterocycles. The van der Waals surface area contributed by atoms with Crippen LogP contribution < -0.4 is 0 Å². The second kappa shape index (κ2) is 7.59. The summed E-state index contributed by atoms with van der Waals surface area (Å²) in [5, 5.41) is 0. The van der Waals surface area contributed by atoms with Crippen LogP contribution in [-0.2, 0) is 14.3 Å². The van der Waals surface area contributed by atoms with Gasteiger partial charge in [-0.25, -0.2) is 4.79 Å². The first-order chi connectivity index (χ1) is 13.0. The Hall–Kier alpha value is -1.34. The minimum absolute atomic E-state index is 0.00845. The van der Waals surface area contributed by atoms with E-state index in [4.69, 9.17) is 9.47 Å². The molecule has 4 fully saturated rings. The van der Waals surface area contributed by atoms with Crippen molar-refractivity contribution in [3.63, 3.8) is 0 Å². The molecule has 1 aliphatic carbocycles. The van der Waals surface area contributed by atoms with Crippen LogP contribution in [0.3, 0.4) is 0 Å². The van der Waals surface area contributed by atoms with E-state index in [9.17, 15) is 9.59 Å². The van der Waals surface area contributed by atoms with E-state index in [-0.39, 0.29) is 18.1 Å². The highest BCUT2D eigenvalue weighted by Gasteiger charge is 2.52. The summed E-state index contributed by atoms with van der Waals surface area (Å²) in [4.78, 5) is 30.6. The van der Waals surface area contributed by atoms with Crippen molar-refractivity contribution in [2.45, 2.75) is 63.6 Å². The molecule has 1 unspecified atom stereocenters. The first-order valence-electron chi connectivity index (χ1n) is 10.5. The summed E-state index contributed by atoms with van der Waals surface area (Å²) in [7, 11) is 1.49. The van der Waals surface area contributed by atoms with Crippen LogP contribution in [-0.4, -0.2) is 91.3 Å². The van der Waals surface area contributed by atoms with Crippen LogP contribution >= 0.6 is 0 Å². The number of nitrogens with zero attached hydrogens (tertiary/aromatic N) is 3. The largest absolute Gasteiger partial charge is 0.468 e. The van der Waals surface area contributed by atoms with E-state index in [1.54, 1.807) is 0 Å². The van der Waals surface area contributed by atoms with Gasteiger partial charge in [-0.1, -0.05) is 0 Å². The molecule has 0 N–H and O–H groups in total. The van der Waals surface area contributed by atoms with Gasteiger partial charge in [0.25, 0.3) is 0 Å². The maximum atomic E-state index is 11.9. The third-order valence-electron chi connectivity index (χ3n) is 7.32. The van der Waals surface area contributed by atoms with Gasteiger partial charge in [-0.05, 0) is 64.0 Å². The van der Waals surface area contributed by atoms with Gasteiger partial charge in [0.05, 0.1) is 13.7 Å². The maximum absolute atomic E-state index is 11.9. The molecule has 3 heterocycles. The molecule has 1 amide bonds. The molecule has 7 nitrogen and oxygen atoms in total. The van der Waals surface area contributed by atoms with E-state index >= 15 is 0 Å². The van der Waals surface area contributed by atoms with Crippen molar-refractivity contribution in [1.82, 2.24) is 14.7 Å². The van der Waals surface area contributed by atoms with Gasteiger partial charge in [0.15, 0.2) is 0 Å². The number of piperidine rings is 1. The Morgan fingerprint density at radius 1 is 1.04 bits per heavy atom. The summed E-state index contributed by atoms with van der Waals surface area (Å²) < 4.78 is 10.1. The predicted octanol–water partition coefficient (Wildman–Crippen LogP) is 1.71. The Morgan fingerprint density at radius 2 is 1.78 bits per heavy atom. The van der Waals surface area contributed by atoms with Gasteiger partial charge in [0.1, 0.15) is 6.04 Å². The normalized spacial score (nSPS) is 35.0. The molecule has 4 aliphatic rings. The Labute approximate surface area is 161 Å². The highest BCUT2D eigenvalue weighted by atomic mass is 16.6. The van der Waals surface area contributed by atoms with E-state index < -0.39 is 0 Å². The summed E-state index contributed by atoms with van der Waals surface area (Å²) in [6, 6.07) is 1.19. The van der Waals surface area contributed by atoms with Crippen molar-refractivity contribution in [3.8, 4) is 0 Å². The van der Waals surface area contributed by atoms with Crippen LogP contribution in [0, 0.1) is 5.41 Å². The van der Waals surface area contributed by atoms with Crippen molar-refractivity contribution in [3.05, 3.63) is 0 Å². The van der Waals surface area contributed by atoms with Gasteiger partial charge in [0, 0.05) is 31.7 Å². The topological polar surface area (TPSA) is 62.3 Å². The van der Waals surface area contributed by atoms with E-state index in [1.807, 2.05) is 11.8 Å². The quantitative estimate of drug-likeness (QED) is 0.693. The van der Waals surface area contributed by atoms with E-state index in [1.165, 1.54) is 20.0 Å². The van der Waals surface area contributed by atoms with Crippen molar-refractivity contribution < 1.29 is 19.1 Å². The Bertz CT molecular complexity index is 570. The lowest BCUT2D eigenvalue weighted by molar-refractivity contribution is -0.155. The van der Waals surface area contributed by atoms with Crippen molar-refractivity contribution >= 4 is 12.1 Å². The maximum Gasteiger partial charge on any atom is 0.409 e. The molecular formula is C20H33N3O4. The van der Waals surface area contributed by atoms with Gasteiger partial charge in [0.2, 0.25) is 0 Å². The van der Waals surface area contributed by atoms with E-state index in [0.717, 1.165) is 58.4 Å². The van der Waals surface area contributed by atoms with Crippen LogP contribution in [0.1, 0.15) is 45.4 Å². The molecular weight excluding hydrogens is 346 g/mol. The lowest BCUT2D eigenvalue weighted by Gasteiger charge is -2.53. The number of carbonyl (C=O) groups excluding carboxylic acids is 2. The molecule has 0 aromatic rings. The molecule has 7 heteroatoms. The Balaban J connectivity index is 1.21. The highest BCUT2D eigenvalue weighted by molar-refractivity contribution is 5.76. The number of hydrogen-bond donors (Lipinski definition) is 0. The third-order valence-corrected chi connectivity index (χ3v) is 7.32. The molecule has 1 atom stereocenters. The van der Waals surface area contributed by atoms with Gasteiger partial charge < -0.3 is 19.3 Å². The first-order valence-corrected chi connectivity index (χ1v) is 10.5. The number of carbonyl (C=O) groups is 2. The van der Waals surface area contributed by atoms with Gasteiger partial charge >= 0.3 is 12.1 Å². The van der Waals surface area contributed by atoms with Gasteiger partial charge in [-0.15, -0.1) is 0 Å². The Morgan fingerprint density at radius 3 is 2.37 bits per heavy atom. The minimum atomic E-state index is -0.145. The van der Waals surface area contributed by atoms with Crippen LogP contribution in [0.25, 0.3) is 0 Å². The summed E-state index contributed by atoms with van der Waals surface area (Å²) in [6.45, 7) is 7.30. The molecule has 0 bridgehead atoms. The van der Waals surface area contributed by atoms with Crippen LogP contribution in [0.4, 0.5) is 4.79 Å². The third kappa shape index (κ3) is 3.56. The number of methoxy groups -OCH3 is 1. The second-order valence-electron chi connectivity index (χ2n) is 8.77. The Kier molecular flexibility index (Phi) is 5.34. The molecule has 3 saturated heterocycles. The molecule has 3 aliphatic heterocycles. The zero-order chi connectivity index (χ0) is 19.0. The molecule has 1 saturated carbocycles. The highest BCUT2D eigenvalue weighted by Crippen LogP contribution is 2.50. The molecule has 27 heavy (non-hydrogen) atoms. The monoisotopic (exact) mass is 379 g/mol. The fraction of sp³-hybridized carbons (Fsp3) is 0.900. The number of ether oxygens (including phenoxy) is 2. The SMILES string of the molecule is CCOC(=O)N1CCC2(CC(N3CCC(N4CCC4C(=O)OC)CC3)C2)C1. The molecule has 152 valence electrons. The van der Waals surface area contributed by atoms with Crippen LogP contribution in [0.2, 0.25) is 0 Å². The summed E-state index contributed by atoms with van der Waals surface area (Å²) in [5.41, 5.74) is 0.335. The van der Waals surface area contributed by atoms with E-state index in [2.05, 4.69) is 9.80 Å². The standard InChI is InChI=1S/C20H33N3O4/c1-3-27-19(25)22-11-7-20(14-22)12-16(13-20)21-8-4-15(5-9-21)23-10-6-17(23)18(24)26-2/h15-17H,3-14H2,1-2H3. The molecule has 0 aromatic carbocycles. The summed E-state index contributed by atoms with van der Waals surface area (Å²) >= 11 is 0. The zero-order valence-corrected chi connectivity index (χ0v) is 16.7. The zero-order valence-electron chi connectivity index (χ0n) is 16.7. The van der Waals surface area contributed by atoms with Crippen LogP contribution in [0.5, 0.6) is 0 Å². The number of likely N-dealkylation sites (tertiary alicyclic amines) is 3. The number of rotatable bonds is 4. The average Bonchev–Trinajstić information content (AvgIpc) is 3.06. The lowest BCUT2D eigenvalue weighted by Crippen LogP contribution is -2.61. The predicted molar refractivity (Wildman–Crippen MR) is 100 cm³/mol. The van der Waals surface area contributed by atoms with E-state index in [0.29, 0.717) is 24.1 Å². The second-order valence-corrected chi connectivity index (χ2v) is 8.77. The van der Waals surface area contributed by atoms with Crippen molar-refractivity contribution in [1.29, 1.82) is 0 Å². The molecule has 0 radical (unpaired) electrons. The summed E-state index contributed by atoms with van der Waals surface area (Å²) in [5.74, 6) is -0.0722. The smallest absolute Gasteiger partial charge is 0.409 e. The van der Waals surface area contributed by atoms with Crippen molar-refractivity contribution in [2.24, 2.45) is 5.41 Å². The van der Waals surface area contributed by atoms with Crippen molar-refractivity contribution in [2.75, 3.05) is 46.4 Å².